The molecule has 1 aliphatic carbocycles. The fourth-order valence-electron chi connectivity index (χ4n) is 2.62. The minimum absolute atomic E-state index is 0.148. The predicted octanol–water partition coefficient (Wildman–Crippen LogP) is 4.14. The molecule has 0 spiro atoms. The molecule has 1 saturated carbocycles. The van der Waals surface area contributed by atoms with Crippen LogP contribution in [0.25, 0.3) is 11.0 Å². The van der Waals surface area contributed by atoms with Crippen LogP contribution in [0.1, 0.15) is 39.1 Å². The maximum absolute atomic E-state index is 6.06. The summed E-state index contributed by atoms with van der Waals surface area (Å²) in [5.41, 5.74) is 2.08. The smallest absolute Gasteiger partial charge is 0.147 e. The third kappa shape index (κ3) is 2.20. The second-order valence-electron chi connectivity index (χ2n) is 5.60. The molecular weight excluding hydrogens is 260 g/mol. The molecular formula is C15H19ClN2O. The van der Waals surface area contributed by atoms with Crippen molar-refractivity contribution in [2.24, 2.45) is 5.92 Å². The van der Waals surface area contributed by atoms with Gasteiger partial charge in [-0.05, 0) is 38.3 Å². The second kappa shape index (κ2) is 4.71. The van der Waals surface area contributed by atoms with Crippen molar-refractivity contribution >= 4 is 22.6 Å². The summed E-state index contributed by atoms with van der Waals surface area (Å²) in [5.74, 6) is 2.96. The third-order valence-corrected chi connectivity index (χ3v) is 3.88. The highest BCUT2D eigenvalue weighted by Crippen LogP contribution is 2.46. The van der Waals surface area contributed by atoms with Crippen LogP contribution in [-0.2, 0) is 5.88 Å². The van der Waals surface area contributed by atoms with Crippen molar-refractivity contribution in [1.29, 1.82) is 0 Å². The van der Waals surface area contributed by atoms with Gasteiger partial charge in [-0.2, -0.15) is 0 Å². The Hall–Kier alpha value is -1.22. The normalized spacial score (nSPS) is 22.2. The first-order valence-corrected chi connectivity index (χ1v) is 7.37. The number of benzene rings is 1. The van der Waals surface area contributed by atoms with Gasteiger partial charge in [0.15, 0.2) is 0 Å². The molecule has 0 N–H and O–H groups in total. The number of para-hydroxylation sites is 1. The summed E-state index contributed by atoms with van der Waals surface area (Å²) >= 11 is 6.06. The lowest BCUT2D eigenvalue weighted by Crippen LogP contribution is -2.05. The van der Waals surface area contributed by atoms with Crippen molar-refractivity contribution in [3.63, 3.8) is 0 Å². The molecule has 102 valence electrons. The summed E-state index contributed by atoms with van der Waals surface area (Å²) in [4.78, 5) is 4.69. The van der Waals surface area contributed by atoms with Crippen molar-refractivity contribution in [2.45, 2.75) is 45.2 Å². The van der Waals surface area contributed by atoms with Crippen LogP contribution in [0.15, 0.2) is 18.2 Å². The Morgan fingerprint density at radius 2 is 2.21 bits per heavy atom. The van der Waals surface area contributed by atoms with Gasteiger partial charge in [0.05, 0.1) is 17.5 Å². The molecule has 4 heteroatoms. The molecule has 2 unspecified atom stereocenters. The molecule has 0 amide bonds. The number of rotatable bonds is 4. The molecule has 3 nitrogen and oxygen atoms in total. The van der Waals surface area contributed by atoms with E-state index in [4.69, 9.17) is 16.3 Å². The fraction of sp³-hybridized carbons (Fsp3) is 0.533. The number of imidazole rings is 1. The zero-order valence-corrected chi connectivity index (χ0v) is 12.3. The molecule has 1 aliphatic rings. The number of halogens is 1. The van der Waals surface area contributed by atoms with Crippen LogP contribution in [0.4, 0.5) is 0 Å². The molecule has 0 radical (unpaired) electrons. The van der Waals surface area contributed by atoms with Crippen LogP contribution in [0.3, 0.4) is 0 Å². The van der Waals surface area contributed by atoms with E-state index in [0.29, 0.717) is 17.8 Å². The zero-order valence-electron chi connectivity index (χ0n) is 11.6. The van der Waals surface area contributed by atoms with E-state index in [1.807, 2.05) is 26.0 Å². The fourth-order valence-corrected chi connectivity index (χ4v) is 2.80. The van der Waals surface area contributed by atoms with Gasteiger partial charge in [0, 0.05) is 6.04 Å². The van der Waals surface area contributed by atoms with Crippen LogP contribution < -0.4 is 4.74 Å². The van der Waals surface area contributed by atoms with Crippen molar-refractivity contribution in [1.82, 2.24) is 9.55 Å². The number of ether oxygens (including phenoxy) is 1. The highest BCUT2D eigenvalue weighted by Gasteiger charge is 2.37. The van der Waals surface area contributed by atoms with Crippen molar-refractivity contribution in [3.8, 4) is 5.75 Å². The van der Waals surface area contributed by atoms with Gasteiger partial charge in [-0.1, -0.05) is 13.0 Å². The van der Waals surface area contributed by atoms with Gasteiger partial charge < -0.3 is 9.30 Å². The largest absolute Gasteiger partial charge is 0.489 e. The standard InChI is InChI=1S/C15H19ClN2O/c1-9(2)19-13-6-4-5-11-15(13)17-14(8-16)18(11)12-7-10(12)3/h4-6,9-10,12H,7-8H2,1-3H3. The molecule has 0 aliphatic heterocycles. The van der Waals surface area contributed by atoms with Gasteiger partial charge in [0.2, 0.25) is 0 Å². The molecule has 1 heterocycles. The Balaban J connectivity index is 2.14. The molecule has 1 aromatic carbocycles. The van der Waals surface area contributed by atoms with E-state index >= 15 is 0 Å². The second-order valence-corrected chi connectivity index (χ2v) is 5.87. The quantitative estimate of drug-likeness (QED) is 0.786. The summed E-state index contributed by atoms with van der Waals surface area (Å²) in [7, 11) is 0. The minimum Gasteiger partial charge on any atom is -0.489 e. The summed E-state index contributed by atoms with van der Waals surface area (Å²) in [6.07, 6.45) is 1.36. The number of hydrogen-bond donors (Lipinski definition) is 0. The highest BCUT2D eigenvalue weighted by atomic mass is 35.5. The molecule has 1 aromatic heterocycles. The molecule has 0 bridgehead atoms. The SMILES string of the molecule is CC(C)Oc1cccc2c1nc(CCl)n2C1CC1C. The van der Waals surface area contributed by atoms with E-state index in [1.54, 1.807) is 0 Å². The molecule has 2 aromatic rings. The maximum atomic E-state index is 6.06. The topological polar surface area (TPSA) is 27.1 Å². The molecule has 19 heavy (non-hydrogen) atoms. The molecule has 3 rings (SSSR count). The Morgan fingerprint density at radius 3 is 2.79 bits per heavy atom. The minimum atomic E-state index is 0.148. The highest BCUT2D eigenvalue weighted by molar-refractivity contribution is 6.16. The van der Waals surface area contributed by atoms with E-state index in [1.165, 1.54) is 6.42 Å². The summed E-state index contributed by atoms with van der Waals surface area (Å²) in [5, 5.41) is 0. The van der Waals surface area contributed by atoms with E-state index in [9.17, 15) is 0 Å². The number of hydrogen-bond acceptors (Lipinski definition) is 2. The third-order valence-electron chi connectivity index (χ3n) is 3.64. The lowest BCUT2D eigenvalue weighted by atomic mass is 10.3. The predicted molar refractivity (Wildman–Crippen MR) is 77.9 cm³/mol. The number of aromatic nitrogens is 2. The molecule has 0 saturated heterocycles. The van der Waals surface area contributed by atoms with Gasteiger partial charge >= 0.3 is 0 Å². The Morgan fingerprint density at radius 1 is 1.47 bits per heavy atom. The monoisotopic (exact) mass is 278 g/mol. The Labute approximate surface area is 118 Å². The van der Waals surface area contributed by atoms with Crippen LogP contribution >= 0.6 is 11.6 Å². The first kappa shape index (κ1) is 12.8. The van der Waals surface area contributed by atoms with Crippen molar-refractivity contribution < 1.29 is 4.74 Å². The van der Waals surface area contributed by atoms with Gasteiger partial charge in [-0.25, -0.2) is 4.98 Å². The van der Waals surface area contributed by atoms with Gasteiger partial charge in [-0.15, -0.1) is 11.6 Å². The van der Waals surface area contributed by atoms with Gasteiger partial charge in [-0.3, -0.25) is 0 Å². The average molecular weight is 279 g/mol. The summed E-state index contributed by atoms with van der Waals surface area (Å²) in [6, 6.07) is 6.67. The lowest BCUT2D eigenvalue weighted by Gasteiger charge is -2.10. The van der Waals surface area contributed by atoms with E-state index < -0.39 is 0 Å². The first-order chi connectivity index (χ1) is 9.11. The van der Waals surface area contributed by atoms with Crippen LogP contribution in [-0.4, -0.2) is 15.7 Å². The van der Waals surface area contributed by atoms with E-state index in [0.717, 1.165) is 22.6 Å². The molecule has 2 atom stereocenters. The maximum Gasteiger partial charge on any atom is 0.147 e. The first-order valence-electron chi connectivity index (χ1n) is 6.84. The van der Waals surface area contributed by atoms with Crippen LogP contribution in [0, 0.1) is 5.92 Å². The summed E-state index contributed by atoms with van der Waals surface area (Å²) < 4.78 is 8.14. The van der Waals surface area contributed by atoms with Crippen molar-refractivity contribution in [3.05, 3.63) is 24.0 Å². The van der Waals surface area contributed by atoms with Crippen molar-refractivity contribution in [2.75, 3.05) is 0 Å². The van der Waals surface area contributed by atoms with E-state index in [-0.39, 0.29) is 6.10 Å². The Bertz CT molecular complexity index is 605. The van der Waals surface area contributed by atoms with Gasteiger partial charge in [0.1, 0.15) is 17.1 Å². The van der Waals surface area contributed by atoms with Gasteiger partial charge in [0.25, 0.3) is 0 Å². The lowest BCUT2D eigenvalue weighted by molar-refractivity contribution is 0.245. The number of fused-ring (bicyclic) bond motifs is 1. The molecule has 1 fully saturated rings. The Kier molecular flexibility index (Phi) is 3.17. The summed E-state index contributed by atoms with van der Waals surface area (Å²) in [6.45, 7) is 6.32. The van der Waals surface area contributed by atoms with Crippen LogP contribution in [0.5, 0.6) is 5.75 Å². The van der Waals surface area contributed by atoms with E-state index in [2.05, 4.69) is 22.5 Å². The number of alkyl halides is 1. The number of nitrogens with zero attached hydrogens (tertiary/aromatic N) is 2. The zero-order chi connectivity index (χ0) is 13.6. The van der Waals surface area contributed by atoms with Crippen LogP contribution in [0.2, 0.25) is 0 Å². The average Bonchev–Trinajstić information content (AvgIpc) is 2.95.